The minimum absolute atomic E-state index is 0.0478. The van der Waals surface area contributed by atoms with Gasteiger partial charge in [-0.3, -0.25) is 15.0 Å². The lowest BCUT2D eigenvalue weighted by atomic mass is 9.83. The van der Waals surface area contributed by atoms with Crippen LogP contribution in [0.4, 0.5) is 4.79 Å². The lowest BCUT2D eigenvalue weighted by molar-refractivity contribution is -0.137. The fourth-order valence-corrected chi connectivity index (χ4v) is 4.42. The molecule has 1 saturated carbocycles. The van der Waals surface area contributed by atoms with E-state index in [0.717, 1.165) is 29.6 Å². The zero-order chi connectivity index (χ0) is 22.1. The monoisotopic (exact) mass is 449 g/mol. The highest BCUT2D eigenvalue weighted by atomic mass is 32.2. The molecule has 32 heavy (non-hydrogen) atoms. The minimum Gasteiger partial charge on any atom is -0.314 e. The van der Waals surface area contributed by atoms with Gasteiger partial charge in [0.1, 0.15) is 0 Å². The molecule has 11 heteroatoms. The topological polar surface area (TPSA) is 122 Å². The normalized spacial score (nSPS) is 17.3. The van der Waals surface area contributed by atoms with Crippen molar-refractivity contribution in [3.8, 4) is 0 Å². The van der Waals surface area contributed by atoms with Crippen molar-refractivity contribution < 1.29 is 14.4 Å². The van der Waals surface area contributed by atoms with Crippen LogP contribution >= 0.6 is 11.8 Å². The van der Waals surface area contributed by atoms with Crippen molar-refractivity contribution in [2.45, 2.75) is 29.6 Å². The molecule has 2 N–H and O–H groups in total. The van der Waals surface area contributed by atoms with E-state index in [2.05, 4.69) is 26.3 Å². The summed E-state index contributed by atoms with van der Waals surface area (Å²) >= 11 is 1.15. The number of hydrogen-bond donors (Lipinski definition) is 2. The Morgan fingerprint density at radius 3 is 2.28 bits per heavy atom. The van der Waals surface area contributed by atoms with E-state index in [1.165, 1.54) is 0 Å². The van der Waals surface area contributed by atoms with Crippen LogP contribution in [0, 0.1) is 0 Å². The van der Waals surface area contributed by atoms with E-state index in [1.807, 2.05) is 12.1 Å². The second-order valence-electron chi connectivity index (χ2n) is 7.51. The quantitative estimate of drug-likeness (QED) is 0.415. The van der Waals surface area contributed by atoms with Gasteiger partial charge in [-0.2, -0.15) is 5.01 Å². The highest BCUT2D eigenvalue weighted by Crippen LogP contribution is 2.37. The summed E-state index contributed by atoms with van der Waals surface area (Å²) in [5, 5.41) is 15.6. The number of nitrogens with one attached hydrogen (secondary N) is 2. The molecule has 0 atom stereocenters. The number of rotatable bonds is 7. The van der Waals surface area contributed by atoms with Gasteiger partial charge in [-0.1, -0.05) is 72.4 Å². The third kappa shape index (κ3) is 3.50. The third-order valence-electron chi connectivity index (χ3n) is 5.36. The molecule has 3 aromatic rings. The fourth-order valence-electron chi connectivity index (χ4n) is 3.68. The zero-order valence-corrected chi connectivity index (χ0v) is 17.7. The van der Waals surface area contributed by atoms with Gasteiger partial charge in [0, 0.05) is 0 Å². The number of carbonyl (C=O) groups excluding carboxylic acids is 3. The van der Waals surface area contributed by atoms with Crippen molar-refractivity contribution >= 4 is 29.6 Å². The van der Waals surface area contributed by atoms with E-state index in [9.17, 15) is 14.4 Å². The summed E-state index contributed by atoms with van der Waals surface area (Å²) < 4.78 is 1.70. The Balaban J connectivity index is 1.36. The Bertz CT molecular complexity index is 1120. The van der Waals surface area contributed by atoms with E-state index in [0.29, 0.717) is 16.3 Å². The molecule has 0 unspecified atom stereocenters. The number of imide groups is 1. The van der Waals surface area contributed by atoms with E-state index < -0.39 is 23.4 Å². The maximum absolute atomic E-state index is 13.5. The number of carbonyl (C=O) groups is 3. The molecule has 0 spiro atoms. The summed E-state index contributed by atoms with van der Waals surface area (Å²) in [6.07, 6.45) is 2.02. The van der Waals surface area contributed by atoms with Crippen LogP contribution in [0.5, 0.6) is 0 Å². The number of benzene rings is 2. The van der Waals surface area contributed by atoms with E-state index in [4.69, 9.17) is 0 Å². The van der Waals surface area contributed by atoms with Gasteiger partial charge >= 0.3 is 6.03 Å². The molecule has 4 amide bonds. The van der Waals surface area contributed by atoms with Crippen molar-refractivity contribution in [1.82, 2.24) is 36.0 Å². The first kappa shape index (κ1) is 20.2. The zero-order valence-electron chi connectivity index (χ0n) is 16.8. The molecule has 1 saturated heterocycles. The number of aromatic nitrogens is 4. The predicted molar refractivity (Wildman–Crippen MR) is 114 cm³/mol. The smallest absolute Gasteiger partial charge is 0.314 e. The molecule has 1 aromatic heterocycles. The van der Waals surface area contributed by atoms with Gasteiger partial charge in [-0.15, -0.1) is 5.10 Å². The fraction of sp³-hybridized carbons (Fsp3) is 0.238. The van der Waals surface area contributed by atoms with E-state index in [-0.39, 0.29) is 11.8 Å². The highest BCUT2D eigenvalue weighted by molar-refractivity contribution is 7.99. The number of nitrogens with zero attached hydrogens (tertiary/aromatic N) is 5. The molecule has 162 valence electrons. The summed E-state index contributed by atoms with van der Waals surface area (Å²) in [5.74, 6) is -1.14. The number of hydrazine groups is 1. The number of hydrogen-bond acceptors (Lipinski definition) is 7. The maximum atomic E-state index is 13.5. The van der Waals surface area contributed by atoms with Gasteiger partial charge < -0.3 is 5.32 Å². The molecule has 2 aromatic carbocycles. The van der Waals surface area contributed by atoms with Crippen LogP contribution in [-0.2, 0) is 15.1 Å². The average molecular weight is 449 g/mol. The van der Waals surface area contributed by atoms with Gasteiger partial charge in [0.25, 0.3) is 5.91 Å². The molecule has 0 bridgehead atoms. The van der Waals surface area contributed by atoms with Crippen molar-refractivity contribution in [1.29, 1.82) is 0 Å². The van der Waals surface area contributed by atoms with Gasteiger partial charge in [-0.25, -0.2) is 9.48 Å². The van der Waals surface area contributed by atoms with Crippen molar-refractivity contribution in [3.63, 3.8) is 0 Å². The van der Waals surface area contributed by atoms with Crippen LogP contribution in [0.1, 0.15) is 30.0 Å². The SMILES string of the molecule is O=C(CSc1nnnn1C1CC1)NN1C(=O)NC(c2ccccc2)(c2ccccc2)C1=O. The molecule has 10 nitrogen and oxygen atoms in total. The summed E-state index contributed by atoms with van der Waals surface area (Å²) in [6.45, 7) is 0. The van der Waals surface area contributed by atoms with Crippen molar-refractivity contribution in [3.05, 3.63) is 71.8 Å². The number of urea groups is 1. The Labute approximate surface area is 187 Å². The summed E-state index contributed by atoms with van der Waals surface area (Å²) in [7, 11) is 0. The molecule has 1 aliphatic heterocycles. The standard InChI is InChI=1S/C21H19N7O3S/c29-17(13-32-20-23-25-26-27(20)16-11-12-16)24-28-18(30)21(22-19(28)31,14-7-3-1-4-8-14)15-9-5-2-6-10-15/h1-10,16H,11-13H2,(H,22,31)(H,24,29). The largest absolute Gasteiger partial charge is 0.344 e. The third-order valence-corrected chi connectivity index (χ3v) is 6.29. The summed E-state index contributed by atoms with van der Waals surface area (Å²) in [6, 6.07) is 17.5. The first-order valence-electron chi connectivity index (χ1n) is 10.1. The first-order chi connectivity index (χ1) is 15.6. The first-order valence-corrected chi connectivity index (χ1v) is 11.1. The number of thioether (sulfide) groups is 1. The van der Waals surface area contributed by atoms with Gasteiger partial charge in [-0.05, 0) is 34.4 Å². The molecular weight excluding hydrogens is 430 g/mol. The van der Waals surface area contributed by atoms with Gasteiger partial charge in [0.15, 0.2) is 5.54 Å². The van der Waals surface area contributed by atoms with Crippen LogP contribution in [0.25, 0.3) is 0 Å². The minimum atomic E-state index is -1.43. The van der Waals surface area contributed by atoms with Crippen LogP contribution in [0.3, 0.4) is 0 Å². The van der Waals surface area contributed by atoms with E-state index in [1.54, 1.807) is 53.2 Å². The number of amides is 4. The molecule has 2 aliphatic rings. The Kier molecular flexibility index (Phi) is 5.10. The second kappa shape index (κ2) is 8.08. The van der Waals surface area contributed by atoms with Crippen LogP contribution in [0.15, 0.2) is 65.8 Å². The van der Waals surface area contributed by atoms with E-state index >= 15 is 0 Å². The summed E-state index contributed by atoms with van der Waals surface area (Å²) in [4.78, 5) is 38.9. The van der Waals surface area contributed by atoms with Gasteiger partial charge in [0.2, 0.25) is 11.1 Å². The lowest BCUT2D eigenvalue weighted by Crippen LogP contribution is -2.49. The second-order valence-corrected chi connectivity index (χ2v) is 8.46. The Morgan fingerprint density at radius 1 is 1.06 bits per heavy atom. The molecule has 0 radical (unpaired) electrons. The summed E-state index contributed by atoms with van der Waals surface area (Å²) in [5.41, 5.74) is 2.19. The van der Waals surface area contributed by atoms with Crippen molar-refractivity contribution in [2.24, 2.45) is 0 Å². The number of tetrazole rings is 1. The van der Waals surface area contributed by atoms with Crippen LogP contribution in [0.2, 0.25) is 0 Å². The lowest BCUT2D eigenvalue weighted by Gasteiger charge is -2.27. The molecular formula is C21H19N7O3S. The maximum Gasteiger partial charge on any atom is 0.344 e. The predicted octanol–water partition coefficient (Wildman–Crippen LogP) is 1.63. The average Bonchev–Trinajstić information content (AvgIpc) is 3.51. The van der Waals surface area contributed by atoms with Crippen LogP contribution < -0.4 is 10.7 Å². The Hall–Kier alpha value is -3.73. The molecule has 1 aliphatic carbocycles. The molecule has 2 fully saturated rings. The Morgan fingerprint density at radius 2 is 1.69 bits per heavy atom. The van der Waals surface area contributed by atoms with Crippen LogP contribution in [-0.4, -0.2) is 48.8 Å². The molecule has 5 rings (SSSR count). The molecule has 2 heterocycles. The van der Waals surface area contributed by atoms with Crippen molar-refractivity contribution in [2.75, 3.05) is 5.75 Å². The highest BCUT2D eigenvalue weighted by Gasteiger charge is 2.54. The van der Waals surface area contributed by atoms with Gasteiger partial charge in [0.05, 0.1) is 11.8 Å².